The Morgan fingerprint density at radius 3 is 2.66 bits per heavy atom. The number of aromatic nitrogens is 1. The van der Waals surface area contributed by atoms with Crippen LogP contribution in [0.5, 0.6) is 5.75 Å². The maximum atomic E-state index is 12.1. The van der Waals surface area contributed by atoms with Crippen LogP contribution >= 0.6 is 11.3 Å². The van der Waals surface area contributed by atoms with Crippen molar-refractivity contribution in [3.63, 3.8) is 0 Å². The molecule has 2 heterocycles. The summed E-state index contributed by atoms with van der Waals surface area (Å²) in [5.74, 6) is 0.953. The van der Waals surface area contributed by atoms with E-state index < -0.39 is 0 Å². The third-order valence-corrected chi connectivity index (χ3v) is 6.30. The molecule has 29 heavy (non-hydrogen) atoms. The van der Waals surface area contributed by atoms with Gasteiger partial charge in [-0.15, -0.1) is 0 Å². The summed E-state index contributed by atoms with van der Waals surface area (Å²) in [7, 11) is 0. The maximum absolute atomic E-state index is 12.1. The summed E-state index contributed by atoms with van der Waals surface area (Å²) in [6.45, 7) is 8.03. The number of piperazine rings is 1. The lowest BCUT2D eigenvalue weighted by Gasteiger charge is -2.34. The van der Waals surface area contributed by atoms with Gasteiger partial charge >= 0.3 is 0 Å². The Morgan fingerprint density at radius 1 is 1.17 bits per heavy atom. The van der Waals surface area contributed by atoms with Gasteiger partial charge in [0.25, 0.3) is 0 Å². The van der Waals surface area contributed by atoms with Gasteiger partial charge in [-0.25, -0.2) is 4.98 Å². The second-order valence-electron chi connectivity index (χ2n) is 7.44. The monoisotopic (exact) mass is 418 g/mol. The highest BCUT2D eigenvalue weighted by molar-refractivity contribution is 7.22. The van der Waals surface area contributed by atoms with Crippen molar-refractivity contribution in [2.24, 2.45) is 5.11 Å². The molecular formula is C21H32N5O2S+. The number of anilines is 1. The maximum Gasteiger partial charge on any atom is 0.222 e. The average molecular weight is 419 g/mol. The summed E-state index contributed by atoms with van der Waals surface area (Å²) >= 11 is 1.64. The molecule has 2 aromatic rings. The average Bonchev–Trinajstić information content (AvgIpc) is 3.16. The van der Waals surface area contributed by atoms with E-state index in [-0.39, 0.29) is 5.91 Å². The molecule has 1 fully saturated rings. The van der Waals surface area contributed by atoms with Gasteiger partial charge in [0.15, 0.2) is 16.6 Å². The van der Waals surface area contributed by atoms with Gasteiger partial charge in [-0.1, -0.05) is 44.4 Å². The lowest BCUT2D eigenvalue weighted by Crippen LogP contribution is -2.48. The van der Waals surface area contributed by atoms with E-state index >= 15 is 0 Å². The molecule has 0 atom stereocenters. The van der Waals surface area contributed by atoms with E-state index in [0.29, 0.717) is 24.5 Å². The van der Waals surface area contributed by atoms with Crippen LogP contribution in [-0.2, 0) is 4.79 Å². The number of unbranched alkanes of at least 4 members (excludes halogenated alkanes) is 3. The first kappa shape index (κ1) is 21.5. The van der Waals surface area contributed by atoms with Gasteiger partial charge in [-0.2, -0.15) is 5.53 Å². The van der Waals surface area contributed by atoms with E-state index in [0.717, 1.165) is 54.4 Å². The lowest BCUT2D eigenvalue weighted by molar-refractivity contribution is -0.210. The molecule has 1 saturated heterocycles. The number of rotatable bonds is 10. The van der Waals surface area contributed by atoms with Crippen LogP contribution in [0.4, 0.5) is 10.8 Å². The summed E-state index contributed by atoms with van der Waals surface area (Å²) in [6.07, 6.45) is 6.16. The fourth-order valence-corrected chi connectivity index (χ4v) is 4.55. The Labute approximate surface area is 176 Å². The van der Waals surface area contributed by atoms with Gasteiger partial charge in [0, 0.05) is 38.7 Å². The number of fused-ring (bicyclic) bond motifs is 1. The van der Waals surface area contributed by atoms with E-state index in [9.17, 15) is 4.79 Å². The summed E-state index contributed by atoms with van der Waals surface area (Å²) in [4.78, 5) is 21.1. The van der Waals surface area contributed by atoms with E-state index in [1.165, 1.54) is 19.3 Å². The summed E-state index contributed by atoms with van der Waals surface area (Å²) in [5, 5.41) is 4.88. The van der Waals surface area contributed by atoms with Gasteiger partial charge in [-0.3, -0.25) is 4.79 Å². The van der Waals surface area contributed by atoms with Crippen LogP contribution in [0.15, 0.2) is 17.2 Å². The van der Waals surface area contributed by atoms with Gasteiger partial charge in [0.1, 0.15) is 0 Å². The second-order valence-corrected chi connectivity index (χ2v) is 8.45. The minimum absolute atomic E-state index is 0.256. The minimum atomic E-state index is 0.256. The number of benzene rings is 1. The quantitative estimate of drug-likeness (QED) is 0.472. The van der Waals surface area contributed by atoms with Crippen molar-refractivity contribution in [2.45, 2.75) is 52.4 Å². The number of nitrogens with zero attached hydrogens (tertiary/aromatic N) is 4. The molecule has 0 bridgehead atoms. The van der Waals surface area contributed by atoms with Gasteiger partial charge in [0.05, 0.1) is 16.8 Å². The number of nitrogens with two attached hydrogens (primary N) is 1. The Balaban J connectivity index is 1.66. The smallest absolute Gasteiger partial charge is 0.222 e. The number of carbonyl (C=O) groups is 1. The fourth-order valence-electron chi connectivity index (χ4n) is 3.51. The van der Waals surface area contributed by atoms with Crippen LogP contribution < -0.4 is 15.2 Å². The number of carbonyl (C=O) groups excluding carboxylic acids is 1. The van der Waals surface area contributed by atoms with Gasteiger partial charge < -0.3 is 14.5 Å². The number of hydrogen-bond acceptors (Lipinski definition) is 6. The predicted octanol–water partition coefficient (Wildman–Crippen LogP) is 3.55. The predicted molar refractivity (Wildman–Crippen MR) is 117 cm³/mol. The summed E-state index contributed by atoms with van der Waals surface area (Å²) < 4.78 is 6.98. The molecule has 0 aliphatic carbocycles. The first-order valence-corrected chi connectivity index (χ1v) is 11.5. The highest BCUT2D eigenvalue weighted by atomic mass is 32.1. The lowest BCUT2D eigenvalue weighted by atomic mass is 10.2. The first-order chi connectivity index (χ1) is 14.2. The molecule has 0 spiro atoms. The molecule has 0 saturated carbocycles. The molecule has 1 aromatic carbocycles. The molecule has 0 unspecified atom stereocenters. The number of hydrogen-bond donors (Lipinski definition) is 1. The van der Waals surface area contributed by atoms with Gasteiger partial charge in [-0.05, 0) is 24.0 Å². The highest BCUT2D eigenvalue weighted by Crippen LogP contribution is 2.37. The molecule has 158 valence electrons. The van der Waals surface area contributed by atoms with Crippen LogP contribution in [0, 0.1) is 0 Å². The molecular weight excluding hydrogens is 386 g/mol. The van der Waals surface area contributed by atoms with E-state index in [2.05, 4.69) is 16.9 Å². The Morgan fingerprint density at radius 2 is 1.97 bits per heavy atom. The zero-order chi connectivity index (χ0) is 20.6. The van der Waals surface area contributed by atoms with E-state index in [1.54, 1.807) is 11.3 Å². The van der Waals surface area contributed by atoms with E-state index in [4.69, 9.17) is 15.3 Å². The molecule has 2 N–H and O–H groups in total. The van der Waals surface area contributed by atoms with Crippen molar-refractivity contribution < 1.29 is 15.1 Å². The fraction of sp³-hybridized carbons (Fsp3) is 0.619. The normalized spacial score (nSPS) is 14.4. The van der Waals surface area contributed by atoms with Crippen LogP contribution in [0.3, 0.4) is 0 Å². The third-order valence-electron chi connectivity index (χ3n) is 5.22. The van der Waals surface area contributed by atoms with Crippen molar-refractivity contribution >= 4 is 38.3 Å². The summed E-state index contributed by atoms with van der Waals surface area (Å²) in [5.41, 5.74) is 7.17. The SMILES string of the molecule is CCCCCCOc1cc2nc(N3CCN(C(=O)CCC)CC3)sc2cc1N=[NH2+]. The van der Waals surface area contributed by atoms with Crippen LogP contribution in [-0.4, -0.2) is 48.6 Å². The number of amides is 1. The standard InChI is InChI=1S/C21H31N5O2S/c1-3-5-6-7-13-28-18-14-17-19(15-16(18)24-22)29-21(23-17)26-11-9-25(10-12-26)20(27)8-4-2/h14-15,22H,3-13H2,1-2H3/p+1. The van der Waals surface area contributed by atoms with Crippen LogP contribution in [0.1, 0.15) is 52.4 Å². The number of ether oxygens (including phenoxy) is 1. The van der Waals surface area contributed by atoms with Crippen LogP contribution in [0.25, 0.3) is 10.2 Å². The zero-order valence-electron chi connectivity index (χ0n) is 17.5. The summed E-state index contributed by atoms with van der Waals surface area (Å²) in [6, 6.07) is 3.90. The first-order valence-electron chi connectivity index (χ1n) is 10.7. The van der Waals surface area contributed by atoms with Crippen molar-refractivity contribution in [3.05, 3.63) is 12.1 Å². The van der Waals surface area contributed by atoms with Crippen LogP contribution in [0.2, 0.25) is 0 Å². The molecule has 7 nitrogen and oxygen atoms in total. The molecule has 1 aromatic heterocycles. The molecule has 1 amide bonds. The zero-order valence-corrected chi connectivity index (χ0v) is 18.3. The third kappa shape index (κ3) is 5.44. The van der Waals surface area contributed by atoms with Gasteiger partial charge in [0.2, 0.25) is 5.91 Å². The molecule has 0 radical (unpaired) electrons. The Bertz CT molecular complexity index is 830. The molecule has 1 aliphatic heterocycles. The Hall–Kier alpha value is -2.22. The largest absolute Gasteiger partial charge is 0.491 e. The molecule has 1 aliphatic rings. The van der Waals surface area contributed by atoms with Crippen molar-refractivity contribution in [1.29, 1.82) is 0 Å². The van der Waals surface area contributed by atoms with Crippen molar-refractivity contribution in [2.75, 3.05) is 37.7 Å². The highest BCUT2D eigenvalue weighted by Gasteiger charge is 2.23. The van der Waals surface area contributed by atoms with Crippen molar-refractivity contribution in [1.82, 2.24) is 9.88 Å². The topological polar surface area (TPSA) is 83.6 Å². The Kier molecular flexibility index (Phi) is 7.80. The second kappa shape index (κ2) is 10.5. The van der Waals surface area contributed by atoms with E-state index in [1.807, 2.05) is 24.0 Å². The minimum Gasteiger partial charge on any atom is -0.491 e. The molecule has 3 rings (SSSR count). The van der Waals surface area contributed by atoms with Crippen molar-refractivity contribution in [3.8, 4) is 5.75 Å². The molecule has 8 heteroatoms. The number of thiazole rings is 1.